The minimum absolute atomic E-state index is 0.00850. The molecule has 0 radical (unpaired) electrons. The second-order valence-corrected chi connectivity index (χ2v) is 11.1. The maximum Gasteiger partial charge on any atom is 0.317 e. The van der Waals surface area contributed by atoms with E-state index in [1.807, 2.05) is 51.1 Å². The number of nitrogens with zero attached hydrogens (tertiary/aromatic N) is 2. The molecule has 2 N–H and O–H groups in total. The zero-order valence-electron chi connectivity index (χ0n) is 20.4. The number of rotatable bonds is 6. The molecule has 2 aromatic rings. The molecule has 0 saturated heterocycles. The normalized spacial score (nSPS) is 21.0. The van der Waals surface area contributed by atoms with E-state index < -0.39 is 22.2 Å². The number of sulfonamides is 1. The van der Waals surface area contributed by atoms with E-state index >= 15 is 0 Å². The van der Waals surface area contributed by atoms with Gasteiger partial charge in [-0.1, -0.05) is 43.3 Å². The summed E-state index contributed by atoms with van der Waals surface area (Å²) in [5.74, 6) is -0.00248. The number of aliphatic hydroxyl groups excluding tert-OH is 1. The predicted octanol–water partition coefficient (Wildman–Crippen LogP) is 3.17. The highest BCUT2D eigenvalue weighted by Gasteiger charge is 2.38. The van der Waals surface area contributed by atoms with Crippen LogP contribution < -0.4 is 10.1 Å². The monoisotopic (exact) mass is 489 g/mol. The van der Waals surface area contributed by atoms with Crippen molar-refractivity contribution in [3.63, 3.8) is 0 Å². The Morgan fingerprint density at radius 1 is 1.18 bits per heavy atom. The molecule has 0 bridgehead atoms. The van der Waals surface area contributed by atoms with Crippen molar-refractivity contribution in [2.24, 2.45) is 5.92 Å². The molecule has 2 aromatic carbocycles. The topological polar surface area (TPSA) is 99.2 Å². The zero-order valence-corrected chi connectivity index (χ0v) is 21.2. The van der Waals surface area contributed by atoms with Crippen molar-refractivity contribution in [2.45, 2.75) is 50.8 Å². The Balaban J connectivity index is 2.06. The minimum Gasteiger partial charge on any atom is -0.487 e. The first kappa shape index (κ1) is 26.0. The number of amides is 2. The van der Waals surface area contributed by atoms with Crippen molar-refractivity contribution in [3.8, 4) is 16.9 Å². The van der Waals surface area contributed by atoms with Gasteiger partial charge in [0.2, 0.25) is 10.0 Å². The Bertz CT molecular complexity index is 1090. The lowest BCUT2D eigenvalue weighted by Gasteiger charge is -2.37. The number of carbonyl (C=O) groups is 1. The lowest BCUT2D eigenvalue weighted by Crippen LogP contribution is -2.51. The summed E-state index contributed by atoms with van der Waals surface area (Å²) in [5, 5.41) is 12.6. The van der Waals surface area contributed by atoms with Crippen LogP contribution in [0.2, 0.25) is 0 Å². The zero-order chi connectivity index (χ0) is 25.0. The Kier molecular flexibility index (Phi) is 8.22. The van der Waals surface area contributed by atoms with Crippen molar-refractivity contribution in [1.29, 1.82) is 0 Å². The molecule has 3 atom stereocenters. The molecule has 186 valence electrons. The molecule has 3 rings (SSSR count). The number of ether oxygens (including phenoxy) is 1. The van der Waals surface area contributed by atoms with E-state index in [0.29, 0.717) is 0 Å². The van der Waals surface area contributed by atoms with E-state index in [2.05, 4.69) is 5.32 Å². The second kappa shape index (κ2) is 10.8. The van der Waals surface area contributed by atoms with Crippen molar-refractivity contribution in [2.75, 3.05) is 26.7 Å². The van der Waals surface area contributed by atoms with Gasteiger partial charge in [-0.15, -0.1) is 0 Å². The first-order valence-corrected chi connectivity index (χ1v) is 13.0. The van der Waals surface area contributed by atoms with E-state index in [0.717, 1.165) is 11.1 Å². The first-order valence-electron chi connectivity index (χ1n) is 11.5. The van der Waals surface area contributed by atoms with E-state index in [-0.39, 0.29) is 48.3 Å². The molecule has 0 aliphatic carbocycles. The van der Waals surface area contributed by atoms with Gasteiger partial charge in [0.25, 0.3) is 0 Å². The number of urea groups is 1. The molecule has 0 unspecified atom stereocenters. The lowest BCUT2D eigenvalue weighted by molar-refractivity contribution is 0.0810. The summed E-state index contributed by atoms with van der Waals surface area (Å²) in [6, 6.07) is 13.9. The van der Waals surface area contributed by atoms with Crippen LogP contribution in [0.1, 0.15) is 27.7 Å². The third kappa shape index (κ3) is 5.71. The summed E-state index contributed by atoms with van der Waals surface area (Å²) < 4.78 is 34.9. The average Bonchev–Trinajstić information content (AvgIpc) is 2.80. The van der Waals surface area contributed by atoms with Crippen LogP contribution in [0.4, 0.5) is 4.79 Å². The van der Waals surface area contributed by atoms with Gasteiger partial charge in [0, 0.05) is 31.6 Å². The summed E-state index contributed by atoms with van der Waals surface area (Å²) in [5.41, 5.74) is 1.76. The van der Waals surface area contributed by atoms with Crippen LogP contribution in [0.3, 0.4) is 0 Å². The molecule has 1 aliphatic heterocycles. The number of hydrogen-bond acceptors (Lipinski definition) is 5. The van der Waals surface area contributed by atoms with Gasteiger partial charge >= 0.3 is 6.03 Å². The van der Waals surface area contributed by atoms with Crippen molar-refractivity contribution in [3.05, 3.63) is 48.5 Å². The molecule has 1 aliphatic rings. The molecular weight excluding hydrogens is 454 g/mol. The van der Waals surface area contributed by atoms with Gasteiger partial charge in [-0.3, -0.25) is 0 Å². The first-order chi connectivity index (χ1) is 16.0. The van der Waals surface area contributed by atoms with Crippen LogP contribution in [0, 0.1) is 5.92 Å². The number of benzene rings is 2. The smallest absolute Gasteiger partial charge is 0.317 e. The molecule has 34 heavy (non-hydrogen) atoms. The van der Waals surface area contributed by atoms with Crippen molar-refractivity contribution < 1.29 is 23.1 Å². The van der Waals surface area contributed by atoms with Crippen LogP contribution in [0.25, 0.3) is 11.1 Å². The maximum atomic E-state index is 13.6. The number of fused-ring (bicyclic) bond motifs is 1. The molecule has 0 aromatic heterocycles. The van der Waals surface area contributed by atoms with Crippen LogP contribution >= 0.6 is 0 Å². The van der Waals surface area contributed by atoms with Crippen LogP contribution in [0.5, 0.6) is 5.75 Å². The standard InChI is InChI=1S/C25H35N3O5S/c1-17(2)26-25(30)27(5)15-23-18(3)14-28(19(4)16-29)34(31,32)24-12-11-21(13-22(24)33-23)20-9-7-6-8-10-20/h6-13,17-19,23,29H,14-16H2,1-5H3,(H,26,30)/t18-,19-,23+/m0/s1. The molecule has 2 amide bonds. The van der Waals surface area contributed by atoms with Gasteiger partial charge in [0.15, 0.2) is 0 Å². The minimum atomic E-state index is -3.91. The van der Waals surface area contributed by atoms with Crippen LogP contribution in [-0.2, 0) is 10.0 Å². The largest absolute Gasteiger partial charge is 0.487 e. The van der Waals surface area contributed by atoms with Crippen molar-refractivity contribution >= 4 is 16.1 Å². The lowest BCUT2D eigenvalue weighted by atomic mass is 10.0. The Morgan fingerprint density at radius 2 is 1.85 bits per heavy atom. The van der Waals surface area contributed by atoms with Gasteiger partial charge in [-0.25, -0.2) is 13.2 Å². The third-order valence-corrected chi connectivity index (χ3v) is 8.01. The van der Waals surface area contributed by atoms with Gasteiger partial charge < -0.3 is 20.1 Å². The number of nitrogens with one attached hydrogen (secondary N) is 1. The molecular formula is C25H35N3O5S. The van der Waals surface area contributed by atoms with Crippen molar-refractivity contribution in [1.82, 2.24) is 14.5 Å². The highest BCUT2D eigenvalue weighted by atomic mass is 32.2. The Hall–Kier alpha value is -2.62. The van der Waals surface area contributed by atoms with Crippen LogP contribution in [-0.4, -0.2) is 73.7 Å². The van der Waals surface area contributed by atoms with Gasteiger partial charge in [-0.05, 0) is 44.0 Å². The highest BCUT2D eigenvalue weighted by molar-refractivity contribution is 7.89. The van der Waals surface area contributed by atoms with Gasteiger partial charge in [0.05, 0.1) is 13.2 Å². The van der Waals surface area contributed by atoms with E-state index in [4.69, 9.17) is 4.74 Å². The summed E-state index contributed by atoms with van der Waals surface area (Å²) in [6.07, 6.45) is -0.462. The number of hydrogen-bond donors (Lipinski definition) is 2. The average molecular weight is 490 g/mol. The maximum absolute atomic E-state index is 13.6. The highest BCUT2D eigenvalue weighted by Crippen LogP contribution is 2.36. The van der Waals surface area contributed by atoms with E-state index in [1.54, 1.807) is 37.1 Å². The Morgan fingerprint density at radius 3 is 2.47 bits per heavy atom. The fourth-order valence-electron chi connectivity index (χ4n) is 3.96. The summed E-state index contributed by atoms with van der Waals surface area (Å²) in [4.78, 5) is 14.1. The Labute approximate surface area is 202 Å². The fraction of sp³-hybridized carbons (Fsp3) is 0.480. The number of likely N-dealkylation sites (N-methyl/N-ethyl adjacent to an activating group) is 1. The molecule has 1 heterocycles. The number of carbonyl (C=O) groups excluding carboxylic acids is 1. The predicted molar refractivity (Wildman–Crippen MR) is 132 cm³/mol. The van der Waals surface area contributed by atoms with E-state index in [9.17, 15) is 18.3 Å². The fourth-order valence-corrected chi connectivity index (χ4v) is 5.79. The third-order valence-electron chi connectivity index (χ3n) is 5.99. The number of aliphatic hydroxyl groups is 1. The van der Waals surface area contributed by atoms with Crippen LogP contribution in [0.15, 0.2) is 53.4 Å². The SMILES string of the molecule is CC(C)NC(=O)N(C)C[C@H]1Oc2cc(-c3ccccc3)ccc2S(=O)(=O)N([C@@H](C)CO)C[C@@H]1C. The molecule has 0 saturated carbocycles. The summed E-state index contributed by atoms with van der Waals surface area (Å²) in [7, 11) is -2.22. The van der Waals surface area contributed by atoms with Gasteiger partial charge in [0.1, 0.15) is 16.7 Å². The van der Waals surface area contributed by atoms with Gasteiger partial charge in [-0.2, -0.15) is 4.31 Å². The van der Waals surface area contributed by atoms with E-state index in [1.165, 1.54) is 4.31 Å². The molecule has 0 spiro atoms. The molecule has 0 fully saturated rings. The quantitative estimate of drug-likeness (QED) is 0.649. The second-order valence-electron chi connectivity index (χ2n) is 9.25. The molecule has 9 heteroatoms. The molecule has 8 nitrogen and oxygen atoms in total. The summed E-state index contributed by atoms with van der Waals surface area (Å²) in [6.45, 7) is 7.50. The summed E-state index contributed by atoms with van der Waals surface area (Å²) >= 11 is 0.